The minimum Gasteiger partial charge on any atom is -0.492 e. The highest BCUT2D eigenvalue weighted by atomic mass is 16.5. The van der Waals surface area contributed by atoms with E-state index in [1.807, 2.05) is 56.9 Å². The van der Waals surface area contributed by atoms with Crippen molar-refractivity contribution in [3.63, 3.8) is 0 Å². The van der Waals surface area contributed by atoms with E-state index < -0.39 is 5.97 Å². The molecule has 0 aliphatic heterocycles. The lowest BCUT2D eigenvalue weighted by molar-refractivity contribution is -0.139. The molecule has 0 aliphatic rings. The number of rotatable bonds is 6. The van der Waals surface area contributed by atoms with Crippen LogP contribution in [0.1, 0.15) is 26.3 Å². The van der Waals surface area contributed by atoms with Crippen LogP contribution in [0.3, 0.4) is 0 Å². The van der Waals surface area contributed by atoms with E-state index in [9.17, 15) is 4.79 Å². The number of aliphatic carboxylic acids is 1. The van der Waals surface area contributed by atoms with Crippen LogP contribution in [-0.2, 0) is 4.79 Å². The molecule has 0 amide bonds. The molecule has 0 atom stereocenters. The largest absolute Gasteiger partial charge is 0.492 e. The summed E-state index contributed by atoms with van der Waals surface area (Å²) in [4.78, 5) is 12.8. The van der Waals surface area contributed by atoms with Gasteiger partial charge in [0.1, 0.15) is 12.4 Å². The maximum Gasteiger partial charge on any atom is 0.317 e. The summed E-state index contributed by atoms with van der Waals surface area (Å²) in [6, 6.07) is 7.82. The molecular weight excluding hydrogens is 242 g/mol. The standard InChI is InChI=1S/C15H23NO3/c1-12-7-5-6-8-13(12)19-10-9-16(11-14(17)18)15(2,3)4/h5-8H,9-11H2,1-4H3,(H,17,18). The zero-order chi connectivity index (χ0) is 14.5. The Labute approximate surface area is 115 Å². The van der Waals surface area contributed by atoms with Crippen LogP contribution in [0.2, 0.25) is 0 Å². The fraction of sp³-hybridized carbons (Fsp3) is 0.533. The first-order valence-electron chi connectivity index (χ1n) is 6.46. The minimum absolute atomic E-state index is 0.0284. The van der Waals surface area contributed by atoms with Gasteiger partial charge in [0.25, 0.3) is 0 Å². The molecule has 0 spiro atoms. The zero-order valence-corrected chi connectivity index (χ0v) is 12.1. The van der Waals surface area contributed by atoms with Gasteiger partial charge in [0.2, 0.25) is 0 Å². The fourth-order valence-corrected chi connectivity index (χ4v) is 1.80. The number of carboxylic acid groups (broad SMARTS) is 1. The lowest BCUT2D eigenvalue weighted by Crippen LogP contribution is -2.46. The normalized spacial score (nSPS) is 11.6. The maximum absolute atomic E-state index is 10.9. The summed E-state index contributed by atoms with van der Waals surface area (Å²) < 4.78 is 5.71. The van der Waals surface area contributed by atoms with Crippen molar-refractivity contribution in [1.29, 1.82) is 0 Å². The quantitative estimate of drug-likeness (QED) is 0.859. The van der Waals surface area contributed by atoms with Crippen LogP contribution in [0.15, 0.2) is 24.3 Å². The predicted molar refractivity (Wildman–Crippen MR) is 75.6 cm³/mol. The molecule has 0 aliphatic carbocycles. The van der Waals surface area contributed by atoms with Gasteiger partial charge >= 0.3 is 5.97 Å². The van der Waals surface area contributed by atoms with E-state index in [2.05, 4.69) is 0 Å². The van der Waals surface area contributed by atoms with Gasteiger partial charge in [-0.2, -0.15) is 0 Å². The van der Waals surface area contributed by atoms with Crippen molar-refractivity contribution >= 4 is 5.97 Å². The Morgan fingerprint density at radius 1 is 1.32 bits per heavy atom. The SMILES string of the molecule is Cc1ccccc1OCCN(CC(=O)O)C(C)(C)C. The van der Waals surface area contributed by atoms with E-state index in [4.69, 9.17) is 9.84 Å². The van der Waals surface area contributed by atoms with E-state index in [1.165, 1.54) is 0 Å². The molecule has 0 saturated heterocycles. The number of hydrogen-bond acceptors (Lipinski definition) is 3. The number of ether oxygens (including phenoxy) is 1. The lowest BCUT2D eigenvalue weighted by Gasteiger charge is -2.34. The number of carbonyl (C=O) groups is 1. The van der Waals surface area contributed by atoms with Crippen molar-refractivity contribution in [2.45, 2.75) is 33.2 Å². The molecule has 1 aromatic carbocycles. The van der Waals surface area contributed by atoms with Gasteiger partial charge in [-0.25, -0.2) is 0 Å². The van der Waals surface area contributed by atoms with Crippen LogP contribution in [0, 0.1) is 6.92 Å². The fourth-order valence-electron chi connectivity index (χ4n) is 1.80. The second kappa shape index (κ2) is 6.57. The highest BCUT2D eigenvalue weighted by Crippen LogP contribution is 2.17. The number of nitrogens with zero attached hydrogens (tertiary/aromatic N) is 1. The second-order valence-corrected chi connectivity index (χ2v) is 5.60. The Bertz CT molecular complexity index is 424. The summed E-state index contributed by atoms with van der Waals surface area (Å²) in [7, 11) is 0. The Morgan fingerprint density at radius 2 is 1.95 bits per heavy atom. The zero-order valence-electron chi connectivity index (χ0n) is 12.1. The van der Waals surface area contributed by atoms with Crippen molar-refractivity contribution in [3.05, 3.63) is 29.8 Å². The first-order valence-corrected chi connectivity index (χ1v) is 6.46. The van der Waals surface area contributed by atoms with Crippen LogP contribution >= 0.6 is 0 Å². The van der Waals surface area contributed by atoms with Crippen molar-refractivity contribution in [2.75, 3.05) is 19.7 Å². The molecule has 0 unspecified atom stereocenters. The van der Waals surface area contributed by atoms with E-state index in [0.29, 0.717) is 13.2 Å². The van der Waals surface area contributed by atoms with Crippen molar-refractivity contribution in [2.24, 2.45) is 0 Å². The molecule has 0 fully saturated rings. The molecule has 0 aromatic heterocycles. The van der Waals surface area contributed by atoms with Gasteiger partial charge in [-0.1, -0.05) is 18.2 Å². The Hall–Kier alpha value is -1.55. The van der Waals surface area contributed by atoms with E-state index in [0.717, 1.165) is 11.3 Å². The Balaban J connectivity index is 2.53. The molecule has 19 heavy (non-hydrogen) atoms. The average Bonchev–Trinajstić information content (AvgIpc) is 2.28. The third kappa shape index (κ3) is 5.30. The molecule has 0 saturated carbocycles. The van der Waals surface area contributed by atoms with E-state index in [1.54, 1.807) is 0 Å². The summed E-state index contributed by atoms with van der Waals surface area (Å²) in [6.07, 6.45) is 0. The molecule has 4 heteroatoms. The number of aryl methyl sites for hydroxylation is 1. The molecule has 1 N–H and O–H groups in total. The molecular formula is C15H23NO3. The highest BCUT2D eigenvalue weighted by Gasteiger charge is 2.23. The van der Waals surface area contributed by atoms with Crippen molar-refractivity contribution in [1.82, 2.24) is 4.90 Å². The molecule has 1 rings (SSSR count). The van der Waals surface area contributed by atoms with Crippen LogP contribution in [0.25, 0.3) is 0 Å². The summed E-state index contributed by atoms with van der Waals surface area (Å²) in [5, 5.41) is 8.93. The summed E-state index contributed by atoms with van der Waals surface area (Å²) >= 11 is 0. The van der Waals surface area contributed by atoms with Gasteiger partial charge in [-0.3, -0.25) is 9.69 Å². The molecule has 106 valence electrons. The highest BCUT2D eigenvalue weighted by molar-refractivity contribution is 5.69. The van der Waals surface area contributed by atoms with Crippen LogP contribution < -0.4 is 4.74 Å². The number of para-hydroxylation sites is 1. The van der Waals surface area contributed by atoms with Gasteiger partial charge < -0.3 is 9.84 Å². The van der Waals surface area contributed by atoms with Crippen LogP contribution in [-0.4, -0.2) is 41.2 Å². The molecule has 0 heterocycles. The first kappa shape index (κ1) is 15.5. The van der Waals surface area contributed by atoms with Crippen molar-refractivity contribution in [3.8, 4) is 5.75 Å². The minimum atomic E-state index is -0.814. The summed E-state index contributed by atoms with van der Waals surface area (Å²) in [5.41, 5.74) is 0.899. The van der Waals surface area contributed by atoms with Crippen LogP contribution in [0.5, 0.6) is 5.75 Å². The molecule has 0 radical (unpaired) electrons. The van der Waals surface area contributed by atoms with E-state index in [-0.39, 0.29) is 12.1 Å². The van der Waals surface area contributed by atoms with Gasteiger partial charge in [0.05, 0.1) is 6.54 Å². The van der Waals surface area contributed by atoms with Crippen LogP contribution in [0.4, 0.5) is 0 Å². The third-order valence-electron chi connectivity index (χ3n) is 2.99. The molecule has 0 bridgehead atoms. The Morgan fingerprint density at radius 3 is 2.47 bits per heavy atom. The first-order chi connectivity index (χ1) is 8.80. The predicted octanol–water partition coefficient (Wildman–Crippen LogP) is 2.56. The second-order valence-electron chi connectivity index (χ2n) is 5.60. The van der Waals surface area contributed by atoms with Gasteiger partial charge in [0, 0.05) is 12.1 Å². The number of carboxylic acids is 1. The van der Waals surface area contributed by atoms with Gasteiger partial charge in [-0.05, 0) is 39.3 Å². The van der Waals surface area contributed by atoms with Gasteiger partial charge in [-0.15, -0.1) is 0 Å². The smallest absolute Gasteiger partial charge is 0.317 e. The maximum atomic E-state index is 10.9. The summed E-state index contributed by atoms with van der Waals surface area (Å²) in [6.45, 7) is 9.10. The monoisotopic (exact) mass is 265 g/mol. The third-order valence-corrected chi connectivity index (χ3v) is 2.99. The Kier molecular flexibility index (Phi) is 5.36. The van der Waals surface area contributed by atoms with Gasteiger partial charge in [0.15, 0.2) is 0 Å². The average molecular weight is 265 g/mol. The topological polar surface area (TPSA) is 49.8 Å². The lowest BCUT2D eigenvalue weighted by atomic mass is 10.1. The number of benzene rings is 1. The molecule has 4 nitrogen and oxygen atoms in total. The molecule has 1 aromatic rings. The number of hydrogen-bond donors (Lipinski definition) is 1. The van der Waals surface area contributed by atoms with E-state index >= 15 is 0 Å². The summed E-state index contributed by atoms with van der Waals surface area (Å²) in [5.74, 6) is 0.0394. The van der Waals surface area contributed by atoms with Crippen molar-refractivity contribution < 1.29 is 14.6 Å².